The van der Waals surface area contributed by atoms with Crippen molar-refractivity contribution >= 4 is 6.09 Å². The third-order valence-corrected chi connectivity index (χ3v) is 5.03. The minimum absolute atomic E-state index is 0.211. The van der Waals surface area contributed by atoms with Gasteiger partial charge in [-0.3, -0.25) is 0 Å². The first-order valence-corrected chi connectivity index (χ1v) is 9.62. The second-order valence-corrected chi connectivity index (χ2v) is 8.00. The van der Waals surface area contributed by atoms with Gasteiger partial charge in [0, 0.05) is 25.7 Å². The number of nitrogens with zero attached hydrogens (tertiary/aromatic N) is 1. The third-order valence-electron chi connectivity index (χ3n) is 5.03. The molecule has 24 heavy (non-hydrogen) atoms. The van der Waals surface area contributed by atoms with E-state index in [1.165, 1.54) is 0 Å². The van der Waals surface area contributed by atoms with Gasteiger partial charge in [0.2, 0.25) is 0 Å². The average Bonchev–Trinajstić information content (AvgIpc) is 2.54. The average molecular weight is 343 g/mol. The van der Waals surface area contributed by atoms with Crippen molar-refractivity contribution in [3.8, 4) is 0 Å². The summed E-state index contributed by atoms with van der Waals surface area (Å²) in [6, 6.07) is 0.582. The first-order valence-electron chi connectivity index (χ1n) is 9.62. The quantitative estimate of drug-likeness (QED) is 0.709. The molecule has 5 nitrogen and oxygen atoms in total. The zero-order valence-corrected chi connectivity index (χ0v) is 16.3. The Labute approximate surface area is 148 Å². The highest BCUT2D eigenvalue weighted by Crippen LogP contribution is 2.28. The van der Waals surface area contributed by atoms with Crippen LogP contribution in [0.5, 0.6) is 0 Å². The van der Waals surface area contributed by atoms with Gasteiger partial charge >= 0.3 is 6.09 Å². The minimum Gasteiger partial charge on any atom is -0.444 e. The van der Waals surface area contributed by atoms with E-state index in [1.807, 2.05) is 20.8 Å². The van der Waals surface area contributed by atoms with E-state index >= 15 is 0 Å². The smallest absolute Gasteiger partial charge is 0.410 e. The van der Waals surface area contributed by atoms with Crippen LogP contribution in [-0.4, -0.2) is 54.0 Å². The van der Waals surface area contributed by atoms with Crippen LogP contribution >= 0.6 is 0 Å². The molecule has 0 aromatic heterocycles. The van der Waals surface area contributed by atoms with Gasteiger partial charge in [0.05, 0.1) is 0 Å². The summed E-state index contributed by atoms with van der Waals surface area (Å²) in [5.41, 5.74) is -0.442. The molecule has 1 aliphatic heterocycles. The molecule has 0 bridgehead atoms. The van der Waals surface area contributed by atoms with Crippen LogP contribution in [-0.2, 0) is 4.74 Å². The number of aliphatic hydroxyl groups excluding tert-OH is 1. The number of amides is 1. The number of hydrogen-bond donors (Lipinski definition) is 2. The van der Waals surface area contributed by atoms with E-state index < -0.39 is 5.60 Å². The Hall–Kier alpha value is -0.810. The van der Waals surface area contributed by atoms with E-state index in [-0.39, 0.29) is 12.7 Å². The summed E-state index contributed by atoms with van der Waals surface area (Å²) in [7, 11) is 0. The monoisotopic (exact) mass is 342 g/mol. The maximum Gasteiger partial charge on any atom is 0.410 e. The van der Waals surface area contributed by atoms with Crippen molar-refractivity contribution < 1.29 is 14.6 Å². The molecule has 1 heterocycles. The predicted octanol–water partition coefficient (Wildman–Crippen LogP) is 3.41. The number of piperidine rings is 1. The van der Waals surface area contributed by atoms with Gasteiger partial charge in [-0.15, -0.1) is 0 Å². The fourth-order valence-corrected chi connectivity index (χ4v) is 3.41. The summed E-state index contributed by atoms with van der Waals surface area (Å²) in [5.74, 6) is 0.824. The van der Waals surface area contributed by atoms with E-state index in [2.05, 4.69) is 19.2 Å². The molecule has 0 aliphatic carbocycles. The van der Waals surface area contributed by atoms with Crippen molar-refractivity contribution in [2.45, 2.75) is 78.4 Å². The second kappa shape index (κ2) is 10.2. The van der Waals surface area contributed by atoms with Gasteiger partial charge < -0.3 is 20.1 Å². The normalized spacial score (nSPS) is 18.0. The first-order chi connectivity index (χ1) is 11.3. The molecule has 1 rings (SSSR count). The lowest BCUT2D eigenvalue weighted by Gasteiger charge is -2.36. The maximum atomic E-state index is 12.1. The molecule has 1 aliphatic rings. The van der Waals surface area contributed by atoms with Crippen LogP contribution in [0.3, 0.4) is 0 Å². The van der Waals surface area contributed by atoms with Gasteiger partial charge in [-0.1, -0.05) is 13.8 Å². The molecule has 1 unspecified atom stereocenters. The highest BCUT2D eigenvalue weighted by molar-refractivity contribution is 5.68. The van der Waals surface area contributed by atoms with Gasteiger partial charge in [0.15, 0.2) is 0 Å². The summed E-state index contributed by atoms with van der Waals surface area (Å²) in [6.45, 7) is 12.8. The lowest BCUT2D eigenvalue weighted by atomic mass is 9.83. The van der Waals surface area contributed by atoms with Gasteiger partial charge in [0.1, 0.15) is 5.60 Å². The van der Waals surface area contributed by atoms with Gasteiger partial charge in [-0.25, -0.2) is 4.79 Å². The number of hydrogen-bond acceptors (Lipinski definition) is 4. The second-order valence-electron chi connectivity index (χ2n) is 8.00. The van der Waals surface area contributed by atoms with Crippen LogP contribution in [0.2, 0.25) is 0 Å². The number of carbonyl (C=O) groups excluding carboxylic acids is 1. The summed E-state index contributed by atoms with van der Waals surface area (Å²) in [4.78, 5) is 13.9. The summed E-state index contributed by atoms with van der Waals surface area (Å²) in [5, 5.41) is 13.3. The van der Waals surface area contributed by atoms with Crippen LogP contribution in [0.25, 0.3) is 0 Å². The number of carbonyl (C=O) groups is 1. The topological polar surface area (TPSA) is 61.8 Å². The van der Waals surface area contributed by atoms with E-state index in [0.29, 0.717) is 17.9 Å². The van der Waals surface area contributed by atoms with Crippen LogP contribution in [0.1, 0.15) is 66.7 Å². The number of nitrogens with one attached hydrogen (secondary N) is 1. The highest BCUT2D eigenvalue weighted by atomic mass is 16.6. The highest BCUT2D eigenvalue weighted by Gasteiger charge is 2.30. The molecule has 2 N–H and O–H groups in total. The third kappa shape index (κ3) is 7.39. The standard InChI is InChI=1S/C19H38N2O3/c1-6-17(7-2)20-11-8-16(14-22)15-9-12-21(13-10-15)18(23)24-19(3,4)5/h15-17,20,22H,6-14H2,1-5H3. The fourth-order valence-electron chi connectivity index (χ4n) is 3.41. The summed E-state index contributed by atoms with van der Waals surface area (Å²) < 4.78 is 5.44. The van der Waals surface area contributed by atoms with E-state index in [0.717, 1.165) is 51.7 Å². The summed E-state index contributed by atoms with van der Waals surface area (Å²) in [6.07, 6.45) is 5.00. The van der Waals surface area contributed by atoms with Gasteiger partial charge in [0.25, 0.3) is 0 Å². The lowest BCUT2D eigenvalue weighted by molar-refractivity contribution is 0.0137. The Morgan fingerprint density at radius 1 is 1.25 bits per heavy atom. The molecular weight excluding hydrogens is 304 g/mol. The Morgan fingerprint density at radius 3 is 2.29 bits per heavy atom. The largest absolute Gasteiger partial charge is 0.444 e. The Balaban J connectivity index is 2.37. The van der Waals surface area contributed by atoms with Crippen LogP contribution in [0.15, 0.2) is 0 Å². The molecule has 1 fully saturated rings. The van der Waals surface area contributed by atoms with Crippen molar-refractivity contribution in [3.63, 3.8) is 0 Å². The van der Waals surface area contributed by atoms with Crippen molar-refractivity contribution in [2.75, 3.05) is 26.2 Å². The predicted molar refractivity (Wildman–Crippen MR) is 98.1 cm³/mol. The number of aliphatic hydroxyl groups is 1. The van der Waals surface area contributed by atoms with Crippen molar-refractivity contribution in [1.29, 1.82) is 0 Å². The number of rotatable bonds is 8. The molecule has 0 aromatic carbocycles. The molecule has 1 amide bonds. The number of likely N-dealkylation sites (tertiary alicyclic amines) is 1. The molecule has 0 radical (unpaired) electrons. The first kappa shape index (κ1) is 21.2. The van der Waals surface area contributed by atoms with Crippen LogP contribution in [0, 0.1) is 11.8 Å². The Morgan fingerprint density at radius 2 is 1.83 bits per heavy atom. The fraction of sp³-hybridized carbons (Fsp3) is 0.947. The molecule has 1 atom stereocenters. The molecule has 1 saturated heterocycles. The zero-order chi connectivity index (χ0) is 18.2. The zero-order valence-electron chi connectivity index (χ0n) is 16.3. The lowest BCUT2D eigenvalue weighted by Crippen LogP contribution is -2.43. The SMILES string of the molecule is CCC(CC)NCCC(CO)C1CCN(C(=O)OC(C)(C)C)CC1. The van der Waals surface area contributed by atoms with Crippen molar-refractivity contribution in [3.05, 3.63) is 0 Å². The molecular formula is C19H38N2O3. The maximum absolute atomic E-state index is 12.1. The van der Waals surface area contributed by atoms with E-state index in [9.17, 15) is 9.90 Å². The summed E-state index contributed by atoms with van der Waals surface area (Å²) >= 11 is 0. The van der Waals surface area contributed by atoms with Gasteiger partial charge in [-0.05, 0) is 71.3 Å². The Kier molecular flexibility index (Phi) is 9.06. The minimum atomic E-state index is -0.442. The van der Waals surface area contributed by atoms with Crippen molar-refractivity contribution in [1.82, 2.24) is 10.2 Å². The Bertz CT molecular complexity index is 356. The molecule has 0 aromatic rings. The van der Waals surface area contributed by atoms with E-state index in [1.54, 1.807) is 4.90 Å². The van der Waals surface area contributed by atoms with Crippen molar-refractivity contribution in [2.24, 2.45) is 11.8 Å². The van der Waals surface area contributed by atoms with Crippen LogP contribution in [0.4, 0.5) is 4.79 Å². The molecule has 5 heteroatoms. The molecule has 0 spiro atoms. The molecule has 0 saturated carbocycles. The van der Waals surface area contributed by atoms with Crippen LogP contribution < -0.4 is 5.32 Å². The van der Waals surface area contributed by atoms with E-state index in [4.69, 9.17) is 4.74 Å². The molecule has 142 valence electrons. The van der Waals surface area contributed by atoms with Gasteiger partial charge in [-0.2, -0.15) is 0 Å². The number of ether oxygens (including phenoxy) is 1.